The first-order chi connectivity index (χ1) is 12.2. The molecular formula is C19H17FN4O. The molecule has 0 aliphatic carbocycles. The quantitative estimate of drug-likeness (QED) is 0.724. The van der Waals surface area contributed by atoms with Gasteiger partial charge in [-0.3, -0.25) is 4.79 Å². The van der Waals surface area contributed by atoms with Crippen molar-refractivity contribution in [3.8, 4) is 0 Å². The summed E-state index contributed by atoms with van der Waals surface area (Å²) in [5.41, 5.74) is 1.67. The highest BCUT2D eigenvalue weighted by Crippen LogP contribution is 2.17. The minimum absolute atomic E-state index is 0.215. The van der Waals surface area contributed by atoms with Gasteiger partial charge in [-0.15, -0.1) is 0 Å². The van der Waals surface area contributed by atoms with Gasteiger partial charge in [-0.2, -0.15) is 0 Å². The molecule has 2 N–H and O–H groups in total. The van der Waals surface area contributed by atoms with E-state index in [1.807, 2.05) is 30.3 Å². The van der Waals surface area contributed by atoms with Crippen LogP contribution in [0.3, 0.4) is 0 Å². The van der Waals surface area contributed by atoms with E-state index in [0.29, 0.717) is 18.1 Å². The zero-order valence-electron chi connectivity index (χ0n) is 13.4. The molecule has 0 unspecified atom stereocenters. The molecule has 25 heavy (non-hydrogen) atoms. The summed E-state index contributed by atoms with van der Waals surface area (Å²) in [5, 5.41) is 5.63. The fourth-order valence-corrected chi connectivity index (χ4v) is 2.27. The molecule has 0 spiro atoms. The average Bonchev–Trinajstić information content (AvgIpc) is 2.65. The number of nitrogens with zero attached hydrogens (tertiary/aromatic N) is 2. The maximum atomic E-state index is 13.6. The number of aromatic nitrogens is 2. The highest BCUT2D eigenvalue weighted by atomic mass is 19.1. The molecule has 0 saturated heterocycles. The van der Waals surface area contributed by atoms with E-state index in [1.54, 1.807) is 18.2 Å². The molecule has 126 valence electrons. The van der Waals surface area contributed by atoms with Gasteiger partial charge in [0.1, 0.15) is 17.3 Å². The molecule has 0 saturated carbocycles. The van der Waals surface area contributed by atoms with E-state index in [9.17, 15) is 9.18 Å². The van der Waals surface area contributed by atoms with Crippen LogP contribution in [0.1, 0.15) is 16.1 Å². The van der Waals surface area contributed by atoms with Gasteiger partial charge in [0.2, 0.25) is 0 Å². The second kappa shape index (κ2) is 8.01. The first kappa shape index (κ1) is 16.6. The third-order valence-electron chi connectivity index (χ3n) is 3.56. The lowest BCUT2D eigenvalue weighted by Gasteiger charge is -2.07. The van der Waals surface area contributed by atoms with Crippen molar-refractivity contribution < 1.29 is 9.18 Å². The third kappa shape index (κ3) is 4.60. The Morgan fingerprint density at radius 1 is 0.960 bits per heavy atom. The van der Waals surface area contributed by atoms with Crippen molar-refractivity contribution >= 4 is 17.4 Å². The fourth-order valence-electron chi connectivity index (χ4n) is 2.27. The van der Waals surface area contributed by atoms with E-state index in [0.717, 1.165) is 12.0 Å². The van der Waals surface area contributed by atoms with E-state index < -0.39 is 0 Å². The lowest BCUT2D eigenvalue weighted by Crippen LogP contribution is -2.26. The number of benzene rings is 2. The Morgan fingerprint density at radius 3 is 2.44 bits per heavy atom. The number of anilines is 2. The maximum Gasteiger partial charge on any atom is 0.271 e. The van der Waals surface area contributed by atoms with Crippen molar-refractivity contribution in [3.63, 3.8) is 0 Å². The Hall–Kier alpha value is -3.28. The second-order valence-electron chi connectivity index (χ2n) is 5.38. The van der Waals surface area contributed by atoms with Gasteiger partial charge in [0, 0.05) is 6.54 Å². The third-order valence-corrected chi connectivity index (χ3v) is 3.56. The van der Waals surface area contributed by atoms with E-state index in [4.69, 9.17) is 0 Å². The molecule has 3 rings (SSSR count). The number of halogens is 1. The molecule has 1 aromatic heterocycles. The number of para-hydroxylation sites is 1. The number of carbonyl (C=O) groups is 1. The average molecular weight is 336 g/mol. The molecule has 0 aliphatic heterocycles. The van der Waals surface area contributed by atoms with Crippen LogP contribution in [0.4, 0.5) is 15.9 Å². The number of hydrogen-bond donors (Lipinski definition) is 2. The Kier molecular flexibility index (Phi) is 5.31. The molecule has 0 radical (unpaired) electrons. The van der Waals surface area contributed by atoms with Crippen LogP contribution in [0.5, 0.6) is 0 Å². The summed E-state index contributed by atoms with van der Waals surface area (Å²) in [6.45, 7) is 0.514. The predicted molar refractivity (Wildman–Crippen MR) is 94.2 cm³/mol. The summed E-state index contributed by atoms with van der Waals surface area (Å²) in [6, 6.07) is 16.2. The number of rotatable bonds is 6. The topological polar surface area (TPSA) is 66.9 Å². The van der Waals surface area contributed by atoms with Crippen molar-refractivity contribution in [2.45, 2.75) is 6.42 Å². The van der Waals surface area contributed by atoms with Gasteiger partial charge in [-0.1, -0.05) is 42.5 Å². The van der Waals surface area contributed by atoms with Crippen LogP contribution >= 0.6 is 0 Å². The minimum Gasteiger partial charge on any atom is -0.350 e. The predicted octanol–water partition coefficient (Wildman–Crippen LogP) is 3.33. The first-order valence-corrected chi connectivity index (χ1v) is 7.88. The van der Waals surface area contributed by atoms with Crippen molar-refractivity contribution in [1.29, 1.82) is 0 Å². The van der Waals surface area contributed by atoms with Gasteiger partial charge < -0.3 is 10.6 Å². The summed E-state index contributed by atoms with van der Waals surface area (Å²) in [7, 11) is 0. The molecule has 1 heterocycles. The summed E-state index contributed by atoms with van der Waals surface area (Å²) in [4.78, 5) is 20.2. The molecule has 5 nitrogen and oxygen atoms in total. The molecule has 0 aliphatic rings. The summed E-state index contributed by atoms with van der Waals surface area (Å²) < 4.78 is 13.6. The Balaban J connectivity index is 1.54. The van der Waals surface area contributed by atoms with Crippen LogP contribution in [-0.2, 0) is 6.42 Å². The lowest BCUT2D eigenvalue weighted by atomic mass is 10.1. The molecule has 0 atom stereocenters. The number of nitrogens with one attached hydrogen (secondary N) is 2. The Morgan fingerprint density at radius 2 is 1.72 bits per heavy atom. The minimum atomic E-state index is -0.382. The molecule has 1 amide bonds. The van der Waals surface area contributed by atoms with E-state index in [-0.39, 0.29) is 17.4 Å². The van der Waals surface area contributed by atoms with Gasteiger partial charge in [-0.25, -0.2) is 14.4 Å². The standard InChI is InChI=1S/C19H17FN4O/c20-15-8-4-5-9-16(15)24-18-13-22-17(12-23-18)19(25)21-11-10-14-6-2-1-3-7-14/h1-9,12-13H,10-11H2,(H,21,25)(H,23,24). The number of carbonyl (C=O) groups excluding carboxylic acids is 1. The van der Waals surface area contributed by atoms with Gasteiger partial charge in [-0.05, 0) is 24.1 Å². The van der Waals surface area contributed by atoms with Gasteiger partial charge in [0.15, 0.2) is 0 Å². The zero-order chi connectivity index (χ0) is 17.5. The normalized spacial score (nSPS) is 10.3. The second-order valence-corrected chi connectivity index (χ2v) is 5.38. The van der Waals surface area contributed by atoms with Gasteiger partial charge >= 0.3 is 0 Å². The maximum absolute atomic E-state index is 13.6. The van der Waals surface area contributed by atoms with Crippen molar-refractivity contribution in [2.75, 3.05) is 11.9 Å². The largest absolute Gasteiger partial charge is 0.350 e. The molecule has 3 aromatic rings. The van der Waals surface area contributed by atoms with Crippen molar-refractivity contribution in [2.24, 2.45) is 0 Å². The van der Waals surface area contributed by atoms with Crippen LogP contribution in [0.25, 0.3) is 0 Å². The van der Waals surface area contributed by atoms with Crippen LogP contribution in [-0.4, -0.2) is 22.4 Å². The van der Waals surface area contributed by atoms with Crippen LogP contribution in [0, 0.1) is 5.82 Å². The molecule has 0 bridgehead atoms. The Bertz CT molecular complexity index is 838. The highest BCUT2D eigenvalue weighted by molar-refractivity contribution is 5.92. The van der Waals surface area contributed by atoms with E-state index >= 15 is 0 Å². The van der Waals surface area contributed by atoms with Crippen LogP contribution < -0.4 is 10.6 Å². The summed E-state index contributed by atoms with van der Waals surface area (Å²) in [6.07, 6.45) is 3.51. The van der Waals surface area contributed by atoms with Crippen molar-refractivity contribution in [3.05, 3.63) is 84.1 Å². The summed E-state index contributed by atoms with van der Waals surface area (Å²) >= 11 is 0. The van der Waals surface area contributed by atoms with E-state index in [2.05, 4.69) is 20.6 Å². The van der Waals surface area contributed by atoms with Gasteiger partial charge in [0.05, 0.1) is 18.1 Å². The molecular weight excluding hydrogens is 319 g/mol. The van der Waals surface area contributed by atoms with Gasteiger partial charge in [0.25, 0.3) is 5.91 Å². The van der Waals surface area contributed by atoms with Crippen molar-refractivity contribution in [1.82, 2.24) is 15.3 Å². The lowest BCUT2D eigenvalue weighted by molar-refractivity contribution is 0.0949. The Labute approximate surface area is 145 Å². The van der Waals surface area contributed by atoms with Crippen LogP contribution in [0.2, 0.25) is 0 Å². The van der Waals surface area contributed by atoms with E-state index in [1.165, 1.54) is 18.5 Å². The molecule has 0 fully saturated rings. The summed E-state index contributed by atoms with van der Waals surface area (Å²) in [5.74, 6) is -0.307. The SMILES string of the molecule is O=C(NCCc1ccccc1)c1cnc(Nc2ccccc2F)cn1. The van der Waals surface area contributed by atoms with Crippen LogP contribution in [0.15, 0.2) is 67.0 Å². The number of amides is 1. The fraction of sp³-hybridized carbons (Fsp3) is 0.105. The highest BCUT2D eigenvalue weighted by Gasteiger charge is 2.08. The zero-order valence-corrected chi connectivity index (χ0v) is 13.4. The first-order valence-electron chi connectivity index (χ1n) is 7.88. The molecule has 6 heteroatoms. The number of hydrogen-bond acceptors (Lipinski definition) is 4. The molecule has 2 aromatic carbocycles. The monoisotopic (exact) mass is 336 g/mol. The smallest absolute Gasteiger partial charge is 0.271 e.